The number of carbonyl (C=O) groups is 2. The highest BCUT2D eigenvalue weighted by Crippen LogP contribution is 2.08. The van der Waals surface area contributed by atoms with Crippen molar-refractivity contribution in [2.24, 2.45) is 0 Å². The normalized spacial score (nSPS) is 11.7. The average molecular weight is 325 g/mol. The summed E-state index contributed by atoms with van der Waals surface area (Å²) in [7, 11) is 0. The Kier molecular flexibility index (Phi) is 7.18. The van der Waals surface area contributed by atoms with Gasteiger partial charge in [0.1, 0.15) is 0 Å². The van der Waals surface area contributed by atoms with Crippen LogP contribution in [0.5, 0.6) is 0 Å². The van der Waals surface area contributed by atoms with E-state index in [2.05, 4.69) is 5.32 Å². The topological polar surface area (TPSA) is 55.4 Å². The molecule has 126 valence electrons. The van der Waals surface area contributed by atoms with Crippen LogP contribution in [0.1, 0.15) is 29.3 Å². The van der Waals surface area contributed by atoms with Gasteiger partial charge in [-0.3, -0.25) is 9.59 Å². The van der Waals surface area contributed by atoms with Gasteiger partial charge in [-0.25, -0.2) is 0 Å². The fourth-order valence-corrected chi connectivity index (χ4v) is 2.48. The quantitative estimate of drug-likeness (QED) is 0.569. The summed E-state index contributed by atoms with van der Waals surface area (Å²) in [5.41, 5.74) is 1.78. The van der Waals surface area contributed by atoms with E-state index in [1.54, 1.807) is 19.1 Å². The number of hydrogen-bond acceptors (Lipinski definition) is 4. The number of hydrogen-bond donors (Lipinski definition) is 1. The van der Waals surface area contributed by atoms with E-state index in [4.69, 9.17) is 4.74 Å². The van der Waals surface area contributed by atoms with Crippen LogP contribution in [0.3, 0.4) is 0 Å². The predicted molar refractivity (Wildman–Crippen MR) is 94.0 cm³/mol. The minimum absolute atomic E-state index is 0.0381. The molecule has 0 radical (unpaired) electrons. The van der Waals surface area contributed by atoms with E-state index in [-0.39, 0.29) is 18.2 Å². The lowest BCUT2D eigenvalue weighted by Crippen LogP contribution is -2.40. The average Bonchev–Trinajstić information content (AvgIpc) is 2.62. The van der Waals surface area contributed by atoms with Crippen LogP contribution in [-0.4, -0.2) is 30.9 Å². The molecule has 0 fully saturated rings. The second-order valence-electron chi connectivity index (χ2n) is 5.48. The zero-order chi connectivity index (χ0) is 17.2. The monoisotopic (exact) mass is 325 g/mol. The van der Waals surface area contributed by atoms with Crippen LogP contribution in [0.15, 0.2) is 60.7 Å². The molecular weight excluding hydrogens is 302 g/mol. The molecule has 1 unspecified atom stereocenters. The van der Waals surface area contributed by atoms with Gasteiger partial charge in [-0.15, -0.1) is 0 Å². The molecule has 2 aromatic rings. The Labute approximate surface area is 142 Å². The van der Waals surface area contributed by atoms with Gasteiger partial charge >= 0.3 is 5.97 Å². The second-order valence-corrected chi connectivity index (χ2v) is 5.48. The molecule has 0 aliphatic rings. The fraction of sp³-hybridized carbons (Fsp3) is 0.300. The summed E-state index contributed by atoms with van der Waals surface area (Å²) in [5, 5.41) is 3.21. The molecule has 4 heteroatoms. The van der Waals surface area contributed by atoms with Crippen molar-refractivity contribution in [3.05, 3.63) is 71.8 Å². The molecule has 0 aromatic heterocycles. The van der Waals surface area contributed by atoms with Crippen molar-refractivity contribution >= 4 is 11.8 Å². The number of nitrogens with one attached hydrogen (secondary N) is 1. The third kappa shape index (κ3) is 5.63. The van der Waals surface area contributed by atoms with Gasteiger partial charge in [0.05, 0.1) is 19.1 Å². The first-order valence-electron chi connectivity index (χ1n) is 8.23. The van der Waals surface area contributed by atoms with Crippen molar-refractivity contribution in [1.82, 2.24) is 5.32 Å². The molecule has 0 saturated heterocycles. The third-order valence-electron chi connectivity index (χ3n) is 3.70. The van der Waals surface area contributed by atoms with Crippen molar-refractivity contribution in [1.29, 1.82) is 0 Å². The summed E-state index contributed by atoms with van der Waals surface area (Å²) in [6.45, 7) is 2.69. The van der Waals surface area contributed by atoms with Gasteiger partial charge in [-0.2, -0.15) is 0 Å². The molecule has 2 aromatic carbocycles. The number of carbonyl (C=O) groups excluding carboxylic acids is 2. The Bertz CT molecular complexity index is 640. The number of esters is 1. The molecule has 0 heterocycles. The van der Waals surface area contributed by atoms with Crippen molar-refractivity contribution in [3.8, 4) is 0 Å². The van der Waals surface area contributed by atoms with Crippen LogP contribution in [0.2, 0.25) is 0 Å². The first kappa shape index (κ1) is 17.9. The molecule has 1 atom stereocenters. The van der Waals surface area contributed by atoms with E-state index in [0.717, 1.165) is 6.42 Å². The number of Topliss-reactive ketones (excluding diaryl/α,β-unsaturated/α-hetero) is 1. The predicted octanol–water partition coefficient (Wildman–Crippen LogP) is 3.02. The molecule has 4 nitrogen and oxygen atoms in total. The zero-order valence-corrected chi connectivity index (χ0v) is 13.9. The van der Waals surface area contributed by atoms with Gasteiger partial charge in [-0.05, 0) is 25.5 Å². The van der Waals surface area contributed by atoms with E-state index >= 15 is 0 Å². The van der Waals surface area contributed by atoms with E-state index in [1.807, 2.05) is 48.5 Å². The van der Waals surface area contributed by atoms with Crippen LogP contribution in [0.4, 0.5) is 0 Å². The summed E-state index contributed by atoms with van der Waals surface area (Å²) in [6, 6.07) is 18.5. The Morgan fingerprint density at radius 3 is 2.25 bits per heavy atom. The van der Waals surface area contributed by atoms with Crippen molar-refractivity contribution < 1.29 is 14.3 Å². The minimum Gasteiger partial charge on any atom is -0.466 e. The molecule has 24 heavy (non-hydrogen) atoms. The van der Waals surface area contributed by atoms with Gasteiger partial charge in [0.25, 0.3) is 0 Å². The zero-order valence-electron chi connectivity index (χ0n) is 13.9. The number of rotatable bonds is 9. The summed E-state index contributed by atoms with van der Waals surface area (Å²) in [6.07, 6.45) is 0.832. The van der Waals surface area contributed by atoms with Crippen LogP contribution < -0.4 is 5.32 Å². The lowest BCUT2D eigenvalue weighted by atomic mass is 10.0. The highest BCUT2D eigenvalue weighted by molar-refractivity contribution is 6.01. The van der Waals surface area contributed by atoms with Crippen LogP contribution in [0, 0.1) is 0 Å². The minimum atomic E-state index is -0.574. The molecule has 0 aliphatic carbocycles. The van der Waals surface area contributed by atoms with Crippen molar-refractivity contribution in [2.75, 3.05) is 13.2 Å². The SMILES string of the molecule is CCOC(=O)CC(NCCc1ccccc1)C(=O)c1ccccc1. The van der Waals surface area contributed by atoms with Gasteiger partial charge in [0.2, 0.25) is 0 Å². The summed E-state index contributed by atoms with van der Waals surface area (Å²) < 4.78 is 4.99. The fourth-order valence-electron chi connectivity index (χ4n) is 2.48. The molecule has 0 amide bonds. The second kappa shape index (κ2) is 9.63. The smallest absolute Gasteiger partial charge is 0.307 e. The van der Waals surface area contributed by atoms with Crippen LogP contribution in [-0.2, 0) is 16.0 Å². The van der Waals surface area contributed by atoms with Crippen molar-refractivity contribution in [3.63, 3.8) is 0 Å². The van der Waals surface area contributed by atoms with Gasteiger partial charge in [-0.1, -0.05) is 60.7 Å². The summed E-state index contributed by atoms with van der Waals surface area (Å²) >= 11 is 0. The summed E-state index contributed by atoms with van der Waals surface area (Å²) in [5.74, 6) is -0.448. The Balaban J connectivity index is 1.99. The Hall–Kier alpha value is -2.46. The van der Waals surface area contributed by atoms with Crippen LogP contribution >= 0.6 is 0 Å². The Morgan fingerprint density at radius 1 is 1.00 bits per heavy atom. The third-order valence-corrected chi connectivity index (χ3v) is 3.70. The van der Waals surface area contributed by atoms with Crippen molar-refractivity contribution in [2.45, 2.75) is 25.8 Å². The van der Waals surface area contributed by atoms with Gasteiger partial charge < -0.3 is 10.1 Å². The molecule has 0 aliphatic heterocycles. The van der Waals surface area contributed by atoms with Crippen LogP contribution in [0.25, 0.3) is 0 Å². The van der Waals surface area contributed by atoms with Gasteiger partial charge in [0.15, 0.2) is 5.78 Å². The number of ketones is 1. The highest BCUT2D eigenvalue weighted by Gasteiger charge is 2.23. The molecule has 2 rings (SSSR count). The first-order chi connectivity index (χ1) is 11.7. The van der Waals surface area contributed by atoms with E-state index < -0.39 is 6.04 Å². The maximum absolute atomic E-state index is 12.7. The number of benzene rings is 2. The van der Waals surface area contributed by atoms with E-state index in [9.17, 15) is 9.59 Å². The first-order valence-corrected chi connectivity index (χ1v) is 8.23. The lowest BCUT2D eigenvalue weighted by Gasteiger charge is -2.17. The van der Waals surface area contributed by atoms with E-state index in [1.165, 1.54) is 5.56 Å². The summed E-state index contributed by atoms with van der Waals surface area (Å²) in [4.78, 5) is 24.5. The Morgan fingerprint density at radius 2 is 1.62 bits per heavy atom. The maximum atomic E-state index is 12.7. The molecule has 0 saturated carbocycles. The highest BCUT2D eigenvalue weighted by atomic mass is 16.5. The molecule has 0 spiro atoms. The number of ether oxygens (including phenoxy) is 1. The molecule has 1 N–H and O–H groups in total. The largest absolute Gasteiger partial charge is 0.466 e. The standard InChI is InChI=1S/C20H23NO3/c1-2-24-19(22)15-18(20(23)17-11-7-4-8-12-17)21-14-13-16-9-5-3-6-10-16/h3-12,18,21H,2,13-15H2,1H3. The maximum Gasteiger partial charge on any atom is 0.307 e. The van der Waals surface area contributed by atoms with Gasteiger partial charge in [0, 0.05) is 5.56 Å². The lowest BCUT2D eigenvalue weighted by molar-refractivity contribution is -0.143. The molecule has 0 bridgehead atoms. The molecular formula is C20H23NO3. The van der Waals surface area contributed by atoms with E-state index in [0.29, 0.717) is 18.7 Å².